The molecule has 6 heteroatoms. The maximum Gasteiger partial charge on any atom is 0.407 e. The lowest BCUT2D eigenvalue weighted by Gasteiger charge is -2.18. The van der Waals surface area contributed by atoms with Gasteiger partial charge in [0.05, 0.1) is 0 Å². The molecule has 0 aromatic heterocycles. The van der Waals surface area contributed by atoms with Crippen molar-refractivity contribution in [2.24, 2.45) is 5.92 Å². The van der Waals surface area contributed by atoms with Gasteiger partial charge >= 0.3 is 12.1 Å². The van der Waals surface area contributed by atoms with Crippen LogP contribution in [0, 0.1) is 5.92 Å². The maximum absolute atomic E-state index is 11.7. The molecule has 0 radical (unpaired) electrons. The van der Waals surface area contributed by atoms with Gasteiger partial charge in [-0.1, -0.05) is 95.2 Å². The van der Waals surface area contributed by atoms with Crippen molar-refractivity contribution in [3.63, 3.8) is 0 Å². The van der Waals surface area contributed by atoms with E-state index < -0.39 is 12.1 Å². The first-order chi connectivity index (χ1) is 16.5. The smallest absolute Gasteiger partial charge is 0.407 e. The number of carbonyl (C=O) groups is 2. The Morgan fingerprint density at radius 3 is 2.24 bits per heavy atom. The minimum Gasteiger partial charge on any atom is -0.459 e. The van der Waals surface area contributed by atoms with Crippen molar-refractivity contribution in [1.82, 2.24) is 10.6 Å². The number of benzene rings is 1. The molecule has 1 aromatic carbocycles. The number of ether oxygens (including phenoxy) is 2. The molecule has 6 nitrogen and oxygen atoms in total. The second-order valence-electron chi connectivity index (χ2n) is 9.00. The van der Waals surface area contributed by atoms with Crippen molar-refractivity contribution in [1.29, 1.82) is 0 Å². The van der Waals surface area contributed by atoms with Crippen LogP contribution in [0.4, 0.5) is 4.79 Å². The zero-order valence-electron chi connectivity index (χ0n) is 21.4. The van der Waals surface area contributed by atoms with Crippen LogP contribution < -0.4 is 10.6 Å². The number of amides is 1. The van der Waals surface area contributed by atoms with E-state index in [1.165, 1.54) is 63.4 Å². The summed E-state index contributed by atoms with van der Waals surface area (Å²) in [5.74, 6) is 0.0997. The molecule has 34 heavy (non-hydrogen) atoms. The second kappa shape index (κ2) is 20.1. The van der Waals surface area contributed by atoms with E-state index in [1.54, 1.807) is 6.92 Å². The van der Waals surface area contributed by atoms with Crippen LogP contribution in [-0.4, -0.2) is 44.9 Å². The average molecular weight is 475 g/mol. The Kier molecular flexibility index (Phi) is 17.5. The predicted molar refractivity (Wildman–Crippen MR) is 139 cm³/mol. The van der Waals surface area contributed by atoms with Crippen molar-refractivity contribution in [3.8, 4) is 0 Å². The summed E-state index contributed by atoms with van der Waals surface area (Å²) in [4.78, 5) is 23.0. The van der Waals surface area contributed by atoms with E-state index in [4.69, 9.17) is 9.47 Å². The Bertz CT molecular complexity index is 678. The summed E-state index contributed by atoms with van der Waals surface area (Å²) in [5.41, 5.74) is 1.70. The zero-order chi connectivity index (χ0) is 24.9. The largest absolute Gasteiger partial charge is 0.459 e. The van der Waals surface area contributed by atoms with Gasteiger partial charge in [0.1, 0.15) is 13.2 Å². The highest BCUT2D eigenvalue weighted by Gasteiger charge is 2.10. The normalized spacial score (nSPS) is 11.6. The Balaban J connectivity index is 2.20. The molecule has 192 valence electrons. The first-order valence-electron chi connectivity index (χ1n) is 13.0. The summed E-state index contributed by atoms with van der Waals surface area (Å²) in [7, 11) is 0. The number of rotatable bonds is 20. The molecular weight excluding hydrogens is 428 g/mol. The molecule has 0 aliphatic rings. The van der Waals surface area contributed by atoms with Crippen LogP contribution in [0.1, 0.15) is 77.2 Å². The lowest BCUT2D eigenvalue weighted by Crippen LogP contribution is -2.35. The Morgan fingerprint density at radius 2 is 1.56 bits per heavy atom. The summed E-state index contributed by atoms with van der Waals surface area (Å²) < 4.78 is 9.89. The predicted octanol–water partition coefficient (Wildman–Crippen LogP) is 5.81. The monoisotopic (exact) mass is 474 g/mol. The van der Waals surface area contributed by atoms with Gasteiger partial charge < -0.3 is 20.1 Å². The van der Waals surface area contributed by atoms with E-state index in [-0.39, 0.29) is 13.2 Å². The molecule has 0 saturated carbocycles. The first kappa shape index (κ1) is 29.7. The summed E-state index contributed by atoms with van der Waals surface area (Å²) >= 11 is 0. The second-order valence-corrected chi connectivity index (χ2v) is 9.00. The lowest BCUT2D eigenvalue weighted by atomic mass is 9.93. The van der Waals surface area contributed by atoms with Gasteiger partial charge in [0.25, 0.3) is 0 Å². The van der Waals surface area contributed by atoms with Gasteiger partial charge in [-0.05, 0) is 37.8 Å². The molecule has 1 amide bonds. The number of nitrogens with one attached hydrogen (secondary N) is 2. The quantitative estimate of drug-likeness (QED) is 0.142. The minimum absolute atomic E-state index is 0.0238. The van der Waals surface area contributed by atoms with Crippen LogP contribution in [0.5, 0.6) is 0 Å². The summed E-state index contributed by atoms with van der Waals surface area (Å²) in [6, 6.07) is 10.7. The van der Waals surface area contributed by atoms with Crippen LogP contribution in [0.15, 0.2) is 42.5 Å². The van der Waals surface area contributed by atoms with E-state index in [2.05, 4.69) is 54.5 Å². The van der Waals surface area contributed by atoms with Crippen LogP contribution in [-0.2, 0) is 20.7 Å². The van der Waals surface area contributed by atoms with Crippen molar-refractivity contribution < 1.29 is 19.1 Å². The van der Waals surface area contributed by atoms with Crippen LogP contribution in [0.25, 0.3) is 0 Å². The van der Waals surface area contributed by atoms with E-state index in [9.17, 15) is 9.59 Å². The number of hydrogen-bond donors (Lipinski definition) is 2. The molecule has 0 fully saturated rings. The van der Waals surface area contributed by atoms with Gasteiger partial charge in [0.15, 0.2) is 0 Å². The molecule has 0 aliphatic carbocycles. The third kappa shape index (κ3) is 16.3. The Hall–Kier alpha value is -2.34. The lowest BCUT2D eigenvalue weighted by molar-refractivity contribution is -0.139. The Labute approximate surface area is 206 Å². The SMILES string of the molecule is C=C(C)C(=O)OCCOC(=O)NCCNCC(CCCCCCCCCC)Cc1ccccc1. The van der Waals surface area contributed by atoms with Gasteiger partial charge in [-0.3, -0.25) is 0 Å². The molecule has 0 bridgehead atoms. The van der Waals surface area contributed by atoms with Crippen LogP contribution >= 0.6 is 0 Å². The molecule has 1 aromatic rings. The van der Waals surface area contributed by atoms with E-state index >= 15 is 0 Å². The molecular formula is C28H46N2O4. The maximum atomic E-state index is 11.7. The zero-order valence-corrected chi connectivity index (χ0v) is 21.4. The van der Waals surface area contributed by atoms with Gasteiger partial charge in [-0.2, -0.15) is 0 Å². The summed E-state index contributed by atoms with van der Waals surface area (Å²) in [6.07, 6.45) is 12.5. The third-order valence-corrected chi connectivity index (χ3v) is 5.74. The van der Waals surface area contributed by atoms with Crippen molar-refractivity contribution in [2.45, 2.75) is 78.1 Å². The third-order valence-electron chi connectivity index (χ3n) is 5.74. The fraction of sp³-hybridized carbons (Fsp3) is 0.643. The molecule has 0 aliphatic heterocycles. The molecule has 1 unspecified atom stereocenters. The van der Waals surface area contributed by atoms with Crippen LogP contribution in [0.2, 0.25) is 0 Å². The molecule has 0 saturated heterocycles. The molecule has 1 atom stereocenters. The first-order valence-corrected chi connectivity index (χ1v) is 13.0. The minimum atomic E-state index is -0.507. The number of unbranched alkanes of at least 4 members (excludes halogenated alkanes) is 7. The highest BCUT2D eigenvalue weighted by atomic mass is 16.6. The van der Waals surface area contributed by atoms with E-state index in [1.807, 2.05) is 0 Å². The van der Waals surface area contributed by atoms with E-state index in [0.29, 0.717) is 24.6 Å². The average Bonchev–Trinajstić information content (AvgIpc) is 2.83. The van der Waals surface area contributed by atoms with Gasteiger partial charge in [-0.25, -0.2) is 9.59 Å². The highest BCUT2D eigenvalue weighted by molar-refractivity contribution is 5.86. The molecule has 2 N–H and O–H groups in total. The number of carbonyl (C=O) groups excluding carboxylic acids is 2. The van der Waals surface area contributed by atoms with Crippen molar-refractivity contribution in [3.05, 3.63) is 48.0 Å². The summed E-state index contributed by atoms with van der Waals surface area (Å²) in [5, 5.41) is 6.20. The fourth-order valence-electron chi connectivity index (χ4n) is 3.79. The molecule has 1 rings (SSSR count). The van der Waals surface area contributed by atoms with E-state index in [0.717, 1.165) is 13.0 Å². The van der Waals surface area contributed by atoms with Crippen LogP contribution in [0.3, 0.4) is 0 Å². The van der Waals surface area contributed by atoms with Crippen molar-refractivity contribution in [2.75, 3.05) is 32.8 Å². The van der Waals surface area contributed by atoms with Gasteiger partial charge in [0, 0.05) is 18.7 Å². The Morgan fingerprint density at radius 1 is 0.912 bits per heavy atom. The topological polar surface area (TPSA) is 76.7 Å². The van der Waals surface area contributed by atoms with Gasteiger partial charge in [0.2, 0.25) is 0 Å². The number of hydrogen-bond acceptors (Lipinski definition) is 5. The molecule has 0 spiro atoms. The molecule has 0 heterocycles. The fourth-order valence-corrected chi connectivity index (χ4v) is 3.79. The van der Waals surface area contributed by atoms with Gasteiger partial charge in [-0.15, -0.1) is 0 Å². The standard InChI is InChI=1S/C28H46N2O4/c1-4-5-6-7-8-9-10-12-17-26(22-25-15-13-11-14-16-25)23-29-18-19-30-28(32)34-21-20-33-27(31)24(2)3/h11,13-16,26,29H,2,4-10,12,17-23H2,1,3H3,(H,30,32). The summed E-state index contributed by atoms with van der Waals surface area (Å²) in [6.45, 7) is 9.48. The number of alkyl carbamates (subject to hydrolysis) is 1. The van der Waals surface area contributed by atoms with Crippen molar-refractivity contribution >= 4 is 12.1 Å². The number of esters is 1. The highest BCUT2D eigenvalue weighted by Crippen LogP contribution is 2.17.